The van der Waals surface area contributed by atoms with Gasteiger partial charge >= 0.3 is 0 Å². The van der Waals surface area contributed by atoms with Crippen molar-refractivity contribution < 1.29 is 18.0 Å². The fraction of sp³-hybridized carbons (Fsp3) is 0.280. The second-order valence-corrected chi connectivity index (χ2v) is 10.5. The number of Topliss-reactive ketones (excluding diaryl/α,β-unsaturated/α-hetero) is 2. The molecule has 6 nitrogen and oxygen atoms in total. The van der Waals surface area contributed by atoms with Crippen LogP contribution in [-0.2, 0) is 16.4 Å². The second-order valence-electron chi connectivity index (χ2n) is 8.54. The van der Waals surface area contributed by atoms with Crippen LogP contribution in [0, 0.1) is 0 Å². The molecule has 1 aromatic heterocycles. The van der Waals surface area contributed by atoms with Crippen LogP contribution in [0.3, 0.4) is 0 Å². The predicted molar refractivity (Wildman–Crippen MR) is 124 cm³/mol. The number of carbonyl (C=O) groups is 2. The van der Waals surface area contributed by atoms with Gasteiger partial charge in [0.15, 0.2) is 0 Å². The lowest BCUT2D eigenvalue weighted by molar-refractivity contribution is 0.0815. The average Bonchev–Trinajstić information content (AvgIpc) is 3.20. The molecule has 0 aliphatic heterocycles. The highest BCUT2D eigenvalue weighted by Crippen LogP contribution is 2.45. The van der Waals surface area contributed by atoms with Gasteiger partial charge in [0.1, 0.15) is 0 Å². The molecule has 1 unspecified atom stereocenters. The van der Waals surface area contributed by atoms with E-state index in [2.05, 4.69) is 6.92 Å². The largest absolute Gasteiger partial charge is 0.329 e. The third-order valence-electron chi connectivity index (χ3n) is 6.59. The first-order chi connectivity index (χ1) is 15.3. The minimum Gasteiger partial charge on any atom is -0.329 e. The third-order valence-corrected chi connectivity index (χ3v) is 8.23. The zero-order chi connectivity index (χ0) is 22.6. The standard InChI is InChI=1S/C25H24N2O4S/c1-15-6-5-9-18-17(15)10-11-19-21(18)24(28)25(29)22-20(16-7-3-2-4-8-16)14-27(23(19)22)32(30,31)13-12-26/h2-4,7-8,10-11,14-15H,5-6,9,12-13,26H2,1H3. The molecule has 0 fully saturated rings. The van der Waals surface area contributed by atoms with Crippen LogP contribution in [0.1, 0.15) is 57.5 Å². The van der Waals surface area contributed by atoms with Crippen molar-refractivity contribution in [1.82, 2.24) is 3.97 Å². The molecule has 3 aromatic rings. The van der Waals surface area contributed by atoms with E-state index in [0.29, 0.717) is 34.6 Å². The van der Waals surface area contributed by atoms with Crippen molar-refractivity contribution in [3.8, 4) is 22.4 Å². The van der Waals surface area contributed by atoms with Gasteiger partial charge in [-0.2, -0.15) is 0 Å². The topological polar surface area (TPSA) is 99.2 Å². The molecule has 7 heteroatoms. The van der Waals surface area contributed by atoms with Crippen molar-refractivity contribution in [3.63, 3.8) is 0 Å². The van der Waals surface area contributed by atoms with Crippen LogP contribution in [0.25, 0.3) is 22.4 Å². The highest BCUT2D eigenvalue weighted by molar-refractivity contribution is 7.90. The Labute approximate surface area is 187 Å². The second kappa shape index (κ2) is 7.53. The van der Waals surface area contributed by atoms with E-state index in [1.165, 1.54) is 10.2 Å². The van der Waals surface area contributed by atoms with Gasteiger partial charge in [-0.05, 0) is 41.9 Å². The van der Waals surface area contributed by atoms with Crippen molar-refractivity contribution in [1.29, 1.82) is 0 Å². The summed E-state index contributed by atoms with van der Waals surface area (Å²) in [5.41, 5.74) is 9.98. The van der Waals surface area contributed by atoms with Crippen LogP contribution in [0.15, 0.2) is 48.7 Å². The fourth-order valence-corrected chi connectivity index (χ4v) is 6.32. The molecule has 2 N–H and O–H groups in total. The average molecular weight is 449 g/mol. The summed E-state index contributed by atoms with van der Waals surface area (Å²) in [4.78, 5) is 26.9. The summed E-state index contributed by atoms with van der Waals surface area (Å²) in [5, 5.41) is 0. The number of hydrogen-bond donors (Lipinski definition) is 1. The van der Waals surface area contributed by atoms with E-state index in [9.17, 15) is 18.0 Å². The number of nitrogens with two attached hydrogens (primary N) is 1. The number of hydrogen-bond acceptors (Lipinski definition) is 5. The van der Waals surface area contributed by atoms with E-state index in [-0.39, 0.29) is 23.6 Å². The van der Waals surface area contributed by atoms with Crippen molar-refractivity contribution in [3.05, 3.63) is 70.9 Å². The molecule has 0 spiro atoms. The molecule has 1 atom stereocenters. The van der Waals surface area contributed by atoms with Crippen molar-refractivity contribution >= 4 is 21.6 Å². The number of fused-ring (bicyclic) bond motifs is 5. The molecule has 1 heterocycles. The maximum atomic E-state index is 13.5. The molecule has 5 rings (SSSR count). The first kappa shape index (κ1) is 20.8. The Morgan fingerprint density at radius 1 is 1.00 bits per heavy atom. The van der Waals surface area contributed by atoms with E-state index >= 15 is 0 Å². The Hall–Kier alpha value is -3.03. The lowest BCUT2D eigenvalue weighted by Crippen LogP contribution is -2.28. The van der Waals surface area contributed by atoms with Gasteiger partial charge in [0.05, 0.1) is 17.0 Å². The maximum Gasteiger partial charge on any atom is 0.240 e. The molecular formula is C25H24N2O4S. The Kier molecular flexibility index (Phi) is 4.91. The molecule has 2 aromatic carbocycles. The summed E-state index contributed by atoms with van der Waals surface area (Å²) in [7, 11) is -3.83. The van der Waals surface area contributed by atoms with E-state index in [4.69, 9.17) is 5.73 Å². The van der Waals surface area contributed by atoms with Crippen LogP contribution >= 0.6 is 0 Å². The van der Waals surface area contributed by atoms with Crippen LogP contribution in [-0.4, -0.2) is 36.3 Å². The van der Waals surface area contributed by atoms with Crippen LogP contribution < -0.4 is 5.73 Å². The number of ketones is 2. The fourth-order valence-electron chi connectivity index (χ4n) is 5.09. The molecule has 0 amide bonds. The summed E-state index contributed by atoms with van der Waals surface area (Å²) >= 11 is 0. The van der Waals surface area contributed by atoms with Crippen molar-refractivity contribution in [2.24, 2.45) is 5.73 Å². The number of rotatable bonds is 4. The zero-order valence-corrected chi connectivity index (χ0v) is 18.6. The quantitative estimate of drug-likeness (QED) is 0.613. The van der Waals surface area contributed by atoms with Gasteiger partial charge in [0, 0.05) is 29.4 Å². The van der Waals surface area contributed by atoms with Crippen molar-refractivity contribution in [2.45, 2.75) is 32.1 Å². The smallest absolute Gasteiger partial charge is 0.240 e. The SMILES string of the molecule is CC1CCCc2c1ccc1c2C(=O)C(=O)c2c(-c3ccccc3)cn(S(=O)(=O)CCN)c2-1. The summed E-state index contributed by atoms with van der Waals surface area (Å²) in [6, 6.07) is 12.9. The van der Waals surface area contributed by atoms with E-state index in [1.54, 1.807) is 12.1 Å². The van der Waals surface area contributed by atoms with Crippen molar-refractivity contribution in [2.75, 3.05) is 12.3 Å². The first-order valence-electron chi connectivity index (χ1n) is 10.8. The van der Waals surface area contributed by atoms with Gasteiger partial charge in [-0.1, -0.05) is 49.4 Å². The van der Waals surface area contributed by atoms with Gasteiger partial charge in [0.25, 0.3) is 0 Å². The predicted octanol–water partition coefficient (Wildman–Crippen LogP) is 3.78. The Balaban J connectivity index is 1.88. The lowest BCUT2D eigenvalue weighted by Gasteiger charge is -2.28. The molecule has 0 radical (unpaired) electrons. The molecular weight excluding hydrogens is 424 g/mol. The van der Waals surface area contributed by atoms with Gasteiger partial charge in [-0.25, -0.2) is 12.4 Å². The van der Waals surface area contributed by atoms with Crippen LogP contribution in [0.5, 0.6) is 0 Å². The maximum absolute atomic E-state index is 13.5. The van der Waals surface area contributed by atoms with Crippen LogP contribution in [0.2, 0.25) is 0 Å². The molecule has 0 saturated carbocycles. The van der Waals surface area contributed by atoms with E-state index in [0.717, 1.165) is 24.0 Å². The van der Waals surface area contributed by atoms with Gasteiger partial charge in [-0.3, -0.25) is 9.59 Å². The summed E-state index contributed by atoms with van der Waals surface area (Å²) < 4.78 is 27.5. The van der Waals surface area contributed by atoms with Gasteiger partial charge in [0.2, 0.25) is 21.6 Å². The monoisotopic (exact) mass is 448 g/mol. The molecule has 164 valence electrons. The summed E-state index contributed by atoms with van der Waals surface area (Å²) in [6.45, 7) is 2.07. The Bertz CT molecular complexity index is 1370. The minimum atomic E-state index is -3.83. The molecule has 32 heavy (non-hydrogen) atoms. The van der Waals surface area contributed by atoms with E-state index in [1.807, 2.05) is 30.3 Å². The molecule has 0 bridgehead atoms. The van der Waals surface area contributed by atoms with E-state index < -0.39 is 21.6 Å². The number of benzene rings is 2. The summed E-state index contributed by atoms with van der Waals surface area (Å²) in [6.07, 6.45) is 4.13. The summed E-state index contributed by atoms with van der Waals surface area (Å²) in [5.74, 6) is -1.17. The van der Waals surface area contributed by atoms with Crippen LogP contribution in [0.4, 0.5) is 0 Å². The lowest BCUT2D eigenvalue weighted by atomic mass is 9.75. The highest BCUT2D eigenvalue weighted by Gasteiger charge is 2.40. The number of nitrogens with zero attached hydrogens (tertiary/aromatic N) is 1. The third kappa shape index (κ3) is 2.99. The normalized spacial score (nSPS) is 17.6. The molecule has 0 saturated heterocycles. The van der Waals surface area contributed by atoms with Gasteiger partial charge in [-0.15, -0.1) is 0 Å². The highest BCUT2D eigenvalue weighted by atomic mass is 32.2. The Morgan fingerprint density at radius 2 is 1.72 bits per heavy atom. The molecule has 2 aliphatic carbocycles. The number of carbonyl (C=O) groups excluding carboxylic acids is 2. The number of aromatic nitrogens is 1. The first-order valence-corrected chi connectivity index (χ1v) is 12.4. The zero-order valence-electron chi connectivity index (χ0n) is 17.8. The molecule has 2 aliphatic rings. The minimum absolute atomic E-state index is 0.0443. The van der Waals surface area contributed by atoms with Gasteiger partial charge < -0.3 is 5.73 Å². The Morgan fingerprint density at radius 3 is 2.44 bits per heavy atom.